The minimum absolute atomic E-state index is 0.451. The van der Waals surface area contributed by atoms with Crippen molar-refractivity contribution in [1.29, 1.82) is 5.26 Å². The predicted octanol–water partition coefficient (Wildman–Crippen LogP) is 1.32. The van der Waals surface area contributed by atoms with E-state index in [1.54, 1.807) is 12.1 Å². The first-order valence-electron chi connectivity index (χ1n) is 5.06. The van der Waals surface area contributed by atoms with Gasteiger partial charge in [0.05, 0.1) is 16.9 Å². The Morgan fingerprint density at radius 1 is 1.56 bits per heavy atom. The molecule has 16 heavy (non-hydrogen) atoms. The smallest absolute Gasteiger partial charge is 0.101 e. The zero-order valence-electron chi connectivity index (χ0n) is 9.19. The summed E-state index contributed by atoms with van der Waals surface area (Å²) in [6.45, 7) is 2.49. The molecule has 0 amide bonds. The average Bonchev–Trinajstić information content (AvgIpc) is 2.31. The van der Waals surface area contributed by atoms with Crippen LogP contribution in [0.5, 0.6) is 0 Å². The number of nitrogens with zero attached hydrogens (tertiary/aromatic N) is 1. The van der Waals surface area contributed by atoms with Gasteiger partial charge >= 0.3 is 0 Å². The van der Waals surface area contributed by atoms with E-state index in [0.29, 0.717) is 29.3 Å². The number of rotatable bonds is 5. The summed E-state index contributed by atoms with van der Waals surface area (Å²) in [6, 6.07) is 7.27. The van der Waals surface area contributed by atoms with Crippen molar-refractivity contribution >= 4 is 22.2 Å². The molecule has 0 aliphatic rings. The summed E-state index contributed by atoms with van der Waals surface area (Å²) >= 11 is 0. The molecular weight excluding hydrogens is 222 g/mol. The topological polar surface area (TPSA) is 78.9 Å². The van der Waals surface area contributed by atoms with Crippen molar-refractivity contribution in [2.75, 3.05) is 29.1 Å². The third kappa shape index (κ3) is 3.24. The fraction of sp³-hybridized carbons (Fsp3) is 0.364. The standard InChI is InChI=1S/C11H15N3OS/c1-2-16(15)7-6-14-10-5-3-4-9(8-12)11(10)13/h3-5,14H,2,6-7,13H2,1H3. The number of nitrogens with two attached hydrogens (primary N) is 1. The van der Waals surface area contributed by atoms with Crippen molar-refractivity contribution in [2.45, 2.75) is 6.92 Å². The first-order chi connectivity index (χ1) is 7.69. The van der Waals surface area contributed by atoms with Crippen LogP contribution in [0.4, 0.5) is 11.4 Å². The van der Waals surface area contributed by atoms with E-state index >= 15 is 0 Å². The van der Waals surface area contributed by atoms with Crippen LogP contribution in [0.3, 0.4) is 0 Å². The molecule has 0 bridgehead atoms. The molecule has 86 valence electrons. The zero-order chi connectivity index (χ0) is 12.0. The number of hydrogen-bond donors (Lipinski definition) is 2. The number of nitriles is 1. The van der Waals surface area contributed by atoms with Gasteiger partial charge < -0.3 is 11.1 Å². The van der Waals surface area contributed by atoms with Crippen molar-refractivity contribution in [3.05, 3.63) is 23.8 Å². The summed E-state index contributed by atoms with van der Waals surface area (Å²) in [7, 11) is -0.783. The number of para-hydroxylation sites is 1. The minimum atomic E-state index is -0.783. The highest BCUT2D eigenvalue weighted by atomic mass is 32.2. The molecule has 0 heterocycles. The third-order valence-electron chi connectivity index (χ3n) is 2.19. The molecule has 5 heteroatoms. The van der Waals surface area contributed by atoms with Crippen LogP contribution in [0.15, 0.2) is 18.2 Å². The van der Waals surface area contributed by atoms with Crippen LogP contribution in [0.25, 0.3) is 0 Å². The Kier molecular flexibility index (Phi) is 4.80. The fourth-order valence-corrected chi connectivity index (χ4v) is 1.88. The maximum Gasteiger partial charge on any atom is 0.101 e. The SMILES string of the molecule is CCS(=O)CCNc1cccc(C#N)c1N. The molecule has 1 rings (SSSR count). The van der Waals surface area contributed by atoms with Gasteiger partial charge in [0, 0.05) is 28.9 Å². The van der Waals surface area contributed by atoms with E-state index in [1.807, 2.05) is 19.1 Å². The Bertz CT molecular complexity index is 426. The van der Waals surface area contributed by atoms with Gasteiger partial charge in [-0.15, -0.1) is 0 Å². The summed E-state index contributed by atoms with van der Waals surface area (Å²) in [6.07, 6.45) is 0. The Morgan fingerprint density at radius 3 is 2.94 bits per heavy atom. The lowest BCUT2D eigenvalue weighted by Gasteiger charge is -2.09. The van der Waals surface area contributed by atoms with E-state index in [0.717, 1.165) is 5.69 Å². The Hall–Kier alpha value is -1.54. The van der Waals surface area contributed by atoms with Gasteiger partial charge in [-0.1, -0.05) is 13.0 Å². The molecule has 0 aliphatic carbocycles. The highest BCUT2D eigenvalue weighted by molar-refractivity contribution is 7.84. The van der Waals surface area contributed by atoms with Crippen LogP contribution >= 0.6 is 0 Å². The van der Waals surface area contributed by atoms with Crippen LogP contribution < -0.4 is 11.1 Å². The second-order valence-electron chi connectivity index (χ2n) is 3.24. The third-order valence-corrected chi connectivity index (χ3v) is 3.50. The molecule has 3 N–H and O–H groups in total. The molecule has 0 saturated carbocycles. The van der Waals surface area contributed by atoms with Crippen LogP contribution in [0.1, 0.15) is 12.5 Å². The summed E-state index contributed by atoms with van der Waals surface area (Å²) < 4.78 is 11.2. The first kappa shape index (κ1) is 12.5. The van der Waals surface area contributed by atoms with E-state index in [2.05, 4.69) is 5.32 Å². The summed E-state index contributed by atoms with van der Waals surface area (Å²) in [5, 5.41) is 11.9. The van der Waals surface area contributed by atoms with Gasteiger partial charge in [0.25, 0.3) is 0 Å². The van der Waals surface area contributed by atoms with Gasteiger partial charge in [0.2, 0.25) is 0 Å². The fourth-order valence-electron chi connectivity index (χ4n) is 1.26. The molecule has 1 aromatic rings. The molecule has 1 aromatic carbocycles. The second-order valence-corrected chi connectivity index (χ2v) is 5.10. The summed E-state index contributed by atoms with van der Waals surface area (Å²) in [4.78, 5) is 0. The van der Waals surface area contributed by atoms with Crippen LogP contribution in [0, 0.1) is 11.3 Å². The lowest BCUT2D eigenvalue weighted by atomic mass is 10.1. The average molecular weight is 237 g/mol. The minimum Gasteiger partial charge on any atom is -0.396 e. The number of hydrogen-bond acceptors (Lipinski definition) is 4. The monoisotopic (exact) mass is 237 g/mol. The molecule has 4 nitrogen and oxygen atoms in total. The lowest BCUT2D eigenvalue weighted by Crippen LogP contribution is -2.13. The van der Waals surface area contributed by atoms with Crippen molar-refractivity contribution in [3.8, 4) is 6.07 Å². The molecule has 0 radical (unpaired) electrons. The molecule has 1 atom stereocenters. The van der Waals surface area contributed by atoms with E-state index < -0.39 is 10.8 Å². The van der Waals surface area contributed by atoms with E-state index in [4.69, 9.17) is 11.0 Å². The number of anilines is 2. The quantitative estimate of drug-likeness (QED) is 0.757. The zero-order valence-corrected chi connectivity index (χ0v) is 10.0. The Labute approximate surface area is 97.9 Å². The predicted molar refractivity (Wildman–Crippen MR) is 67.6 cm³/mol. The molecule has 0 aliphatic heterocycles. The van der Waals surface area contributed by atoms with Crippen LogP contribution in [-0.4, -0.2) is 22.3 Å². The summed E-state index contributed by atoms with van der Waals surface area (Å²) in [5.41, 5.74) is 7.42. The first-order valence-corrected chi connectivity index (χ1v) is 6.55. The van der Waals surface area contributed by atoms with Crippen LogP contribution in [-0.2, 0) is 10.8 Å². The molecule has 0 fully saturated rings. The van der Waals surface area contributed by atoms with Gasteiger partial charge in [0.1, 0.15) is 6.07 Å². The highest BCUT2D eigenvalue weighted by Gasteiger charge is 2.03. The molecule has 0 saturated heterocycles. The normalized spacial score (nSPS) is 11.8. The number of benzene rings is 1. The van der Waals surface area contributed by atoms with E-state index in [9.17, 15) is 4.21 Å². The van der Waals surface area contributed by atoms with E-state index in [1.165, 1.54) is 0 Å². The van der Waals surface area contributed by atoms with Crippen molar-refractivity contribution < 1.29 is 4.21 Å². The van der Waals surface area contributed by atoms with E-state index in [-0.39, 0.29) is 0 Å². The summed E-state index contributed by atoms with van der Waals surface area (Å²) in [5.74, 6) is 1.25. The van der Waals surface area contributed by atoms with Crippen molar-refractivity contribution in [1.82, 2.24) is 0 Å². The van der Waals surface area contributed by atoms with Gasteiger partial charge in [-0.2, -0.15) is 5.26 Å². The Balaban J connectivity index is 2.61. The maximum absolute atomic E-state index is 11.2. The van der Waals surface area contributed by atoms with Crippen LogP contribution in [0.2, 0.25) is 0 Å². The second kappa shape index (κ2) is 6.13. The molecule has 1 unspecified atom stereocenters. The molecular formula is C11H15N3OS. The van der Waals surface area contributed by atoms with Crippen molar-refractivity contribution in [3.63, 3.8) is 0 Å². The molecule has 0 spiro atoms. The highest BCUT2D eigenvalue weighted by Crippen LogP contribution is 2.21. The Morgan fingerprint density at radius 2 is 2.31 bits per heavy atom. The lowest BCUT2D eigenvalue weighted by molar-refractivity contribution is 0.684. The van der Waals surface area contributed by atoms with Gasteiger partial charge in [0.15, 0.2) is 0 Å². The van der Waals surface area contributed by atoms with Crippen molar-refractivity contribution in [2.24, 2.45) is 0 Å². The number of nitrogen functional groups attached to an aromatic ring is 1. The van der Waals surface area contributed by atoms with Gasteiger partial charge in [-0.3, -0.25) is 4.21 Å². The largest absolute Gasteiger partial charge is 0.396 e. The van der Waals surface area contributed by atoms with Gasteiger partial charge in [-0.25, -0.2) is 0 Å². The van der Waals surface area contributed by atoms with Gasteiger partial charge in [-0.05, 0) is 12.1 Å². The number of nitrogens with one attached hydrogen (secondary N) is 1. The molecule has 0 aromatic heterocycles. The maximum atomic E-state index is 11.2.